The Hall–Kier alpha value is -2.86. The molecule has 0 amide bonds. The number of hydrogen-bond acceptors (Lipinski definition) is 5. The van der Waals surface area contributed by atoms with Crippen LogP contribution in [0.1, 0.15) is 24.5 Å². The van der Waals surface area contributed by atoms with E-state index in [9.17, 15) is 0 Å². The zero-order valence-electron chi connectivity index (χ0n) is 15.3. The van der Waals surface area contributed by atoms with E-state index in [1.54, 1.807) is 6.20 Å². The number of aromatic nitrogens is 3. The van der Waals surface area contributed by atoms with Crippen molar-refractivity contribution in [1.29, 1.82) is 0 Å². The summed E-state index contributed by atoms with van der Waals surface area (Å²) in [6, 6.07) is 13.9. The summed E-state index contributed by atoms with van der Waals surface area (Å²) in [5.74, 6) is 1.89. The molecule has 3 aromatic rings. The third kappa shape index (κ3) is 4.28. The second-order valence-corrected chi connectivity index (χ2v) is 6.97. The van der Waals surface area contributed by atoms with E-state index in [2.05, 4.69) is 20.1 Å². The van der Waals surface area contributed by atoms with Gasteiger partial charge in [-0.3, -0.25) is 10.00 Å². The van der Waals surface area contributed by atoms with Crippen molar-refractivity contribution in [2.75, 3.05) is 32.0 Å². The van der Waals surface area contributed by atoms with Gasteiger partial charge in [0.2, 0.25) is 0 Å². The average molecular weight is 363 g/mol. The molecule has 3 N–H and O–H groups in total. The molecule has 0 aliphatic carbocycles. The first-order valence-corrected chi connectivity index (χ1v) is 9.45. The average Bonchev–Trinajstić information content (AvgIpc) is 3.19. The lowest BCUT2D eigenvalue weighted by Gasteiger charge is -2.32. The number of pyridine rings is 1. The number of H-pyrrole nitrogens is 1. The van der Waals surface area contributed by atoms with Crippen LogP contribution >= 0.6 is 0 Å². The molecular weight excluding hydrogens is 338 g/mol. The number of likely N-dealkylation sites (tertiary alicyclic amines) is 1. The van der Waals surface area contributed by atoms with E-state index in [1.165, 1.54) is 12.1 Å². The molecule has 0 bridgehead atoms. The number of nitrogens with one attached hydrogen (secondary N) is 1. The van der Waals surface area contributed by atoms with E-state index in [0.717, 1.165) is 42.9 Å². The van der Waals surface area contributed by atoms with Crippen LogP contribution in [0.4, 0.5) is 5.82 Å². The summed E-state index contributed by atoms with van der Waals surface area (Å²) < 4.78 is 5.86. The molecule has 6 heteroatoms. The highest BCUT2D eigenvalue weighted by Gasteiger charge is 2.25. The largest absolute Gasteiger partial charge is 0.492 e. The zero-order valence-corrected chi connectivity index (χ0v) is 15.3. The quantitative estimate of drug-likeness (QED) is 0.702. The highest BCUT2D eigenvalue weighted by Crippen LogP contribution is 2.33. The summed E-state index contributed by atoms with van der Waals surface area (Å²) >= 11 is 0. The summed E-state index contributed by atoms with van der Waals surface area (Å²) in [5.41, 5.74) is 9.23. The number of benzene rings is 1. The van der Waals surface area contributed by atoms with Crippen molar-refractivity contribution < 1.29 is 4.74 Å². The van der Waals surface area contributed by atoms with Crippen LogP contribution in [0, 0.1) is 0 Å². The molecule has 0 radical (unpaired) electrons. The van der Waals surface area contributed by atoms with Gasteiger partial charge in [-0.05, 0) is 49.2 Å². The summed E-state index contributed by atoms with van der Waals surface area (Å²) in [5, 5.41) is 7.53. The van der Waals surface area contributed by atoms with Crippen molar-refractivity contribution in [3.8, 4) is 16.9 Å². The number of ether oxygens (including phenoxy) is 1. The predicted molar refractivity (Wildman–Crippen MR) is 107 cm³/mol. The zero-order chi connectivity index (χ0) is 18.5. The Morgan fingerprint density at radius 1 is 1.22 bits per heavy atom. The Labute approximate surface area is 159 Å². The second kappa shape index (κ2) is 8.22. The minimum Gasteiger partial charge on any atom is -0.492 e. The maximum atomic E-state index is 5.86. The number of nitrogen functional groups attached to an aromatic ring is 1. The number of piperidine rings is 1. The van der Waals surface area contributed by atoms with Gasteiger partial charge in [0, 0.05) is 36.5 Å². The van der Waals surface area contributed by atoms with Crippen LogP contribution in [0.3, 0.4) is 0 Å². The third-order valence-electron chi connectivity index (χ3n) is 5.09. The summed E-state index contributed by atoms with van der Waals surface area (Å²) in [4.78, 5) is 6.56. The molecule has 0 spiro atoms. The number of anilines is 1. The monoisotopic (exact) mass is 363 g/mol. The van der Waals surface area contributed by atoms with E-state index in [1.807, 2.05) is 48.7 Å². The van der Waals surface area contributed by atoms with Crippen LogP contribution in [0.25, 0.3) is 11.1 Å². The van der Waals surface area contributed by atoms with Gasteiger partial charge in [0.05, 0.1) is 6.20 Å². The molecule has 140 valence electrons. The Balaban J connectivity index is 1.39. The Morgan fingerprint density at radius 3 is 2.96 bits per heavy atom. The number of aromatic amines is 1. The van der Waals surface area contributed by atoms with Gasteiger partial charge in [0.25, 0.3) is 0 Å². The van der Waals surface area contributed by atoms with Crippen LogP contribution in [0.2, 0.25) is 0 Å². The molecule has 1 aromatic carbocycles. The number of nitrogens with two attached hydrogens (primary N) is 1. The Bertz CT molecular complexity index is 864. The van der Waals surface area contributed by atoms with Gasteiger partial charge in [0.15, 0.2) is 0 Å². The number of nitrogens with zero attached hydrogens (tertiary/aromatic N) is 3. The van der Waals surface area contributed by atoms with E-state index in [0.29, 0.717) is 18.3 Å². The minimum atomic E-state index is 0.433. The molecule has 4 rings (SSSR count). The SMILES string of the molecule is Nc1cc(-c2cn[nH]c2[C@H]2CCCN(CCOc3ccccc3)C2)ccn1. The fraction of sp³-hybridized carbons (Fsp3) is 0.333. The Morgan fingerprint density at radius 2 is 2.11 bits per heavy atom. The van der Waals surface area contributed by atoms with Crippen LogP contribution < -0.4 is 10.5 Å². The second-order valence-electron chi connectivity index (χ2n) is 6.97. The summed E-state index contributed by atoms with van der Waals surface area (Å²) in [6.07, 6.45) is 5.97. The number of hydrogen-bond donors (Lipinski definition) is 2. The van der Waals surface area contributed by atoms with Gasteiger partial charge < -0.3 is 10.5 Å². The van der Waals surface area contributed by atoms with Crippen molar-refractivity contribution in [2.24, 2.45) is 0 Å². The minimum absolute atomic E-state index is 0.433. The standard InChI is InChI=1S/C21H25N5O/c22-20-13-16(8-9-23-20)19-14-24-25-21(19)17-5-4-10-26(15-17)11-12-27-18-6-2-1-3-7-18/h1-3,6-9,13-14,17H,4-5,10-12,15H2,(H2,22,23)(H,24,25)/t17-/m0/s1. The van der Waals surface area contributed by atoms with E-state index in [4.69, 9.17) is 10.5 Å². The molecule has 27 heavy (non-hydrogen) atoms. The summed E-state index contributed by atoms with van der Waals surface area (Å²) in [6.45, 7) is 3.75. The molecule has 1 atom stereocenters. The van der Waals surface area contributed by atoms with E-state index < -0.39 is 0 Å². The van der Waals surface area contributed by atoms with Gasteiger partial charge >= 0.3 is 0 Å². The normalized spacial score (nSPS) is 17.7. The Kier molecular flexibility index (Phi) is 5.34. The van der Waals surface area contributed by atoms with Crippen LogP contribution in [0.15, 0.2) is 54.9 Å². The van der Waals surface area contributed by atoms with Crippen LogP contribution in [-0.2, 0) is 0 Å². The van der Waals surface area contributed by atoms with Crippen molar-refractivity contribution in [3.63, 3.8) is 0 Å². The van der Waals surface area contributed by atoms with E-state index in [-0.39, 0.29) is 0 Å². The van der Waals surface area contributed by atoms with Crippen molar-refractivity contribution >= 4 is 5.82 Å². The van der Waals surface area contributed by atoms with Crippen molar-refractivity contribution in [1.82, 2.24) is 20.1 Å². The molecule has 0 saturated carbocycles. The first-order chi connectivity index (χ1) is 13.3. The van der Waals surface area contributed by atoms with Gasteiger partial charge in [-0.15, -0.1) is 0 Å². The van der Waals surface area contributed by atoms with Gasteiger partial charge in [-0.25, -0.2) is 4.98 Å². The van der Waals surface area contributed by atoms with Crippen LogP contribution in [-0.4, -0.2) is 46.3 Å². The molecule has 1 aliphatic heterocycles. The lowest BCUT2D eigenvalue weighted by atomic mass is 9.91. The maximum absolute atomic E-state index is 5.86. The third-order valence-corrected chi connectivity index (χ3v) is 5.09. The van der Waals surface area contributed by atoms with Gasteiger partial charge in [0.1, 0.15) is 18.2 Å². The molecular formula is C21H25N5O. The van der Waals surface area contributed by atoms with Crippen molar-refractivity contribution in [3.05, 3.63) is 60.6 Å². The van der Waals surface area contributed by atoms with Crippen molar-refractivity contribution in [2.45, 2.75) is 18.8 Å². The number of para-hydroxylation sites is 1. The first kappa shape index (κ1) is 17.5. The molecule has 1 fully saturated rings. The lowest BCUT2D eigenvalue weighted by molar-refractivity contribution is 0.169. The molecule has 3 heterocycles. The topological polar surface area (TPSA) is 80.1 Å². The highest BCUT2D eigenvalue weighted by molar-refractivity contribution is 5.67. The summed E-state index contributed by atoms with van der Waals surface area (Å²) in [7, 11) is 0. The number of rotatable bonds is 6. The smallest absolute Gasteiger partial charge is 0.123 e. The molecule has 2 aromatic heterocycles. The molecule has 1 saturated heterocycles. The fourth-order valence-corrected chi connectivity index (χ4v) is 3.76. The van der Waals surface area contributed by atoms with Gasteiger partial charge in [-0.1, -0.05) is 18.2 Å². The predicted octanol–water partition coefficient (Wildman–Crippen LogP) is 3.31. The van der Waals surface area contributed by atoms with Crippen LogP contribution in [0.5, 0.6) is 5.75 Å². The molecule has 0 unspecified atom stereocenters. The fourth-order valence-electron chi connectivity index (χ4n) is 3.76. The van der Waals surface area contributed by atoms with E-state index >= 15 is 0 Å². The van der Waals surface area contributed by atoms with Gasteiger partial charge in [-0.2, -0.15) is 5.10 Å². The maximum Gasteiger partial charge on any atom is 0.123 e. The lowest BCUT2D eigenvalue weighted by Crippen LogP contribution is -2.37. The molecule has 1 aliphatic rings. The molecule has 6 nitrogen and oxygen atoms in total. The highest BCUT2D eigenvalue weighted by atomic mass is 16.5. The first-order valence-electron chi connectivity index (χ1n) is 9.45.